The zero-order chi connectivity index (χ0) is 14.9. The summed E-state index contributed by atoms with van der Waals surface area (Å²) in [7, 11) is -3.32. The maximum absolute atomic E-state index is 12.7. The molecule has 1 fully saturated rings. The highest BCUT2D eigenvalue weighted by molar-refractivity contribution is 7.91. The second kappa shape index (κ2) is 5.73. The first-order valence-electron chi connectivity index (χ1n) is 7.23. The lowest BCUT2D eigenvalue weighted by atomic mass is 10.1. The minimum absolute atomic E-state index is 0.0922. The summed E-state index contributed by atoms with van der Waals surface area (Å²) in [5, 5.41) is 0.863. The number of para-hydroxylation sites is 1. The molecule has 1 aliphatic rings. The highest BCUT2D eigenvalue weighted by Crippen LogP contribution is 2.25. The molecule has 2 heterocycles. The van der Waals surface area contributed by atoms with Gasteiger partial charge in [0.05, 0.1) is 28.5 Å². The normalized spacial score (nSPS) is 19.8. The summed E-state index contributed by atoms with van der Waals surface area (Å²) in [6.07, 6.45) is 1.86. The molecule has 0 bridgehead atoms. The van der Waals surface area contributed by atoms with E-state index < -0.39 is 9.84 Å². The van der Waals surface area contributed by atoms with Gasteiger partial charge in [-0.15, -0.1) is 0 Å². The molecule has 21 heavy (non-hydrogen) atoms. The van der Waals surface area contributed by atoms with Gasteiger partial charge in [-0.1, -0.05) is 18.2 Å². The first-order valence-corrected chi connectivity index (χ1v) is 8.88. The minimum Gasteiger partial charge on any atom is -0.381 e. The average Bonchev–Trinajstić information content (AvgIpc) is 2.47. The molecular formula is C16H19NO3S. The second-order valence-electron chi connectivity index (χ2n) is 5.63. The number of nitrogens with zero attached hydrogens (tertiary/aromatic N) is 1. The lowest BCUT2D eigenvalue weighted by Gasteiger charge is -2.22. The molecule has 0 saturated carbocycles. The Morgan fingerprint density at radius 3 is 2.90 bits per heavy atom. The van der Waals surface area contributed by atoms with E-state index in [2.05, 4.69) is 4.98 Å². The number of benzene rings is 1. The van der Waals surface area contributed by atoms with Gasteiger partial charge in [0.25, 0.3) is 0 Å². The number of hydrogen-bond acceptors (Lipinski definition) is 4. The second-order valence-corrected chi connectivity index (χ2v) is 7.63. The average molecular weight is 305 g/mol. The van der Waals surface area contributed by atoms with Crippen molar-refractivity contribution in [3.8, 4) is 0 Å². The maximum atomic E-state index is 12.7. The van der Waals surface area contributed by atoms with Crippen molar-refractivity contribution in [1.82, 2.24) is 4.98 Å². The number of aryl methyl sites for hydroxylation is 1. The highest BCUT2D eigenvalue weighted by atomic mass is 32.2. The monoisotopic (exact) mass is 305 g/mol. The van der Waals surface area contributed by atoms with Crippen molar-refractivity contribution in [3.63, 3.8) is 0 Å². The molecule has 1 aromatic carbocycles. The van der Waals surface area contributed by atoms with Crippen molar-refractivity contribution in [2.24, 2.45) is 5.92 Å². The fourth-order valence-electron chi connectivity index (χ4n) is 2.85. The Labute approximate surface area is 125 Å². The van der Waals surface area contributed by atoms with Crippen LogP contribution in [0.2, 0.25) is 0 Å². The van der Waals surface area contributed by atoms with E-state index in [1.807, 2.05) is 24.3 Å². The van der Waals surface area contributed by atoms with E-state index in [9.17, 15) is 8.42 Å². The number of hydrogen-bond donors (Lipinski definition) is 0. The Hall–Kier alpha value is -1.46. The molecule has 3 rings (SSSR count). The number of aromatic nitrogens is 1. The summed E-state index contributed by atoms with van der Waals surface area (Å²) >= 11 is 0. The standard InChI is InChI=1S/C16H19NO3S/c1-12-16(9-14-6-2-3-7-15(14)17-12)21(18,19)11-13-5-4-8-20-10-13/h2-3,6-7,9,13H,4-5,8,10-11H2,1H3. The lowest BCUT2D eigenvalue weighted by Crippen LogP contribution is -2.25. The van der Waals surface area contributed by atoms with Crippen LogP contribution in [0.5, 0.6) is 0 Å². The lowest BCUT2D eigenvalue weighted by molar-refractivity contribution is 0.0626. The zero-order valence-corrected chi connectivity index (χ0v) is 12.9. The third-order valence-corrected chi connectivity index (χ3v) is 5.91. The van der Waals surface area contributed by atoms with E-state index in [0.29, 0.717) is 17.2 Å². The summed E-state index contributed by atoms with van der Waals surface area (Å²) in [6.45, 7) is 3.04. The van der Waals surface area contributed by atoms with Crippen LogP contribution in [0.25, 0.3) is 10.9 Å². The third kappa shape index (κ3) is 3.09. The minimum atomic E-state index is -3.32. The Morgan fingerprint density at radius 2 is 2.14 bits per heavy atom. The van der Waals surface area contributed by atoms with Crippen LogP contribution in [-0.4, -0.2) is 32.4 Å². The first kappa shape index (κ1) is 14.5. The number of pyridine rings is 1. The Bertz CT molecular complexity index is 749. The molecule has 2 aromatic rings. The van der Waals surface area contributed by atoms with E-state index in [4.69, 9.17) is 4.74 Å². The van der Waals surface area contributed by atoms with Crippen LogP contribution in [-0.2, 0) is 14.6 Å². The van der Waals surface area contributed by atoms with Crippen LogP contribution in [0.15, 0.2) is 35.2 Å². The molecular weight excluding hydrogens is 286 g/mol. The Kier molecular flexibility index (Phi) is 3.95. The van der Waals surface area contributed by atoms with Crippen molar-refractivity contribution in [2.45, 2.75) is 24.7 Å². The molecule has 0 spiro atoms. The number of fused-ring (bicyclic) bond motifs is 1. The summed E-state index contributed by atoms with van der Waals surface area (Å²) in [6, 6.07) is 9.34. The van der Waals surface area contributed by atoms with Gasteiger partial charge in [0.1, 0.15) is 0 Å². The van der Waals surface area contributed by atoms with E-state index in [0.717, 1.165) is 30.4 Å². The Morgan fingerprint density at radius 1 is 1.33 bits per heavy atom. The van der Waals surface area contributed by atoms with E-state index in [-0.39, 0.29) is 11.7 Å². The van der Waals surface area contributed by atoms with Gasteiger partial charge in [0.2, 0.25) is 0 Å². The highest BCUT2D eigenvalue weighted by Gasteiger charge is 2.25. The quantitative estimate of drug-likeness (QED) is 0.875. The molecule has 1 unspecified atom stereocenters. The van der Waals surface area contributed by atoms with Crippen LogP contribution in [0, 0.1) is 12.8 Å². The third-order valence-electron chi connectivity index (χ3n) is 3.91. The van der Waals surface area contributed by atoms with Gasteiger partial charge >= 0.3 is 0 Å². The van der Waals surface area contributed by atoms with Crippen LogP contribution in [0.1, 0.15) is 18.5 Å². The smallest absolute Gasteiger partial charge is 0.180 e. The van der Waals surface area contributed by atoms with Gasteiger partial charge in [-0.3, -0.25) is 4.98 Å². The molecule has 4 nitrogen and oxygen atoms in total. The molecule has 0 radical (unpaired) electrons. The van der Waals surface area contributed by atoms with Crippen molar-refractivity contribution in [1.29, 1.82) is 0 Å². The molecule has 112 valence electrons. The molecule has 0 aliphatic carbocycles. The van der Waals surface area contributed by atoms with Gasteiger partial charge in [0, 0.05) is 12.0 Å². The van der Waals surface area contributed by atoms with Crippen molar-refractivity contribution < 1.29 is 13.2 Å². The largest absolute Gasteiger partial charge is 0.381 e. The molecule has 0 amide bonds. The van der Waals surface area contributed by atoms with E-state index in [1.165, 1.54) is 0 Å². The van der Waals surface area contributed by atoms with Crippen molar-refractivity contribution in [2.75, 3.05) is 19.0 Å². The summed E-state index contributed by atoms with van der Waals surface area (Å²) in [5.74, 6) is 0.239. The van der Waals surface area contributed by atoms with Gasteiger partial charge < -0.3 is 4.74 Å². The fourth-order valence-corrected chi connectivity index (χ4v) is 4.71. The summed E-state index contributed by atoms with van der Waals surface area (Å²) in [5.41, 5.74) is 1.40. The van der Waals surface area contributed by atoms with Crippen molar-refractivity contribution >= 4 is 20.7 Å². The maximum Gasteiger partial charge on any atom is 0.180 e. The molecule has 1 aromatic heterocycles. The molecule has 0 N–H and O–H groups in total. The molecule has 1 atom stereocenters. The fraction of sp³-hybridized carbons (Fsp3) is 0.438. The van der Waals surface area contributed by atoms with Crippen LogP contribution in [0.3, 0.4) is 0 Å². The van der Waals surface area contributed by atoms with Gasteiger partial charge in [-0.2, -0.15) is 0 Å². The van der Waals surface area contributed by atoms with Gasteiger partial charge in [-0.25, -0.2) is 8.42 Å². The zero-order valence-electron chi connectivity index (χ0n) is 12.1. The number of rotatable bonds is 3. The molecule has 1 saturated heterocycles. The predicted octanol–water partition coefficient (Wildman–Crippen LogP) is 2.74. The van der Waals surface area contributed by atoms with Crippen LogP contribution >= 0.6 is 0 Å². The number of sulfone groups is 1. The van der Waals surface area contributed by atoms with Crippen LogP contribution < -0.4 is 0 Å². The first-order chi connectivity index (χ1) is 10.1. The van der Waals surface area contributed by atoms with Crippen LogP contribution in [0.4, 0.5) is 0 Å². The summed E-state index contributed by atoms with van der Waals surface area (Å²) in [4.78, 5) is 4.78. The summed E-state index contributed by atoms with van der Waals surface area (Å²) < 4.78 is 30.7. The molecule has 1 aliphatic heterocycles. The van der Waals surface area contributed by atoms with E-state index >= 15 is 0 Å². The van der Waals surface area contributed by atoms with Gasteiger partial charge in [0.15, 0.2) is 9.84 Å². The predicted molar refractivity (Wildman–Crippen MR) is 82.1 cm³/mol. The number of ether oxygens (including phenoxy) is 1. The van der Waals surface area contributed by atoms with Crippen molar-refractivity contribution in [3.05, 3.63) is 36.0 Å². The Balaban J connectivity index is 1.95. The van der Waals surface area contributed by atoms with E-state index in [1.54, 1.807) is 13.0 Å². The SMILES string of the molecule is Cc1nc2ccccc2cc1S(=O)(=O)CC1CCCOC1. The van der Waals surface area contributed by atoms with Gasteiger partial charge in [-0.05, 0) is 37.8 Å². The molecule has 5 heteroatoms. The topological polar surface area (TPSA) is 56.3 Å².